The van der Waals surface area contributed by atoms with Crippen LogP contribution >= 0.6 is 0 Å². The summed E-state index contributed by atoms with van der Waals surface area (Å²) >= 11 is 0. The molecule has 1 aliphatic rings. The number of rotatable bonds is 6. The van der Waals surface area contributed by atoms with Crippen LogP contribution < -0.4 is 10.6 Å². The fourth-order valence-corrected chi connectivity index (χ4v) is 3.02. The molecule has 25 heavy (non-hydrogen) atoms. The molecule has 3 heterocycles. The normalized spacial score (nSPS) is 13.5. The Balaban J connectivity index is 1.68. The van der Waals surface area contributed by atoms with Gasteiger partial charge in [0.2, 0.25) is 5.91 Å². The van der Waals surface area contributed by atoms with E-state index in [1.165, 1.54) is 0 Å². The van der Waals surface area contributed by atoms with Crippen LogP contribution in [0, 0.1) is 13.8 Å². The lowest BCUT2D eigenvalue weighted by atomic mass is 10.2. The molecule has 0 fully saturated rings. The second-order valence-corrected chi connectivity index (χ2v) is 6.03. The number of ether oxygens (including phenoxy) is 1. The third-order valence-electron chi connectivity index (χ3n) is 4.42. The molecule has 0 saturated heterocycles. The fourth-order valence-electron chi connectivity index (χ4n) is 3.02. The number of fused-ring (bicyclic) bond motifs is 1. The second-order valence-electron chi connectivity index (χ2n) is 6.03. The monoisotopic (exact) mass is 346 g/mol. The molecule has 0 spiro atoms. The number of nitrogens with one attached hydrogen (secondary N) is 2. The highest BCUT2D eigenvalue weighted by atomic mass is 16.5. The minimum absolute atomic E-state index is 0.0866. The number of hydrogen-bond acceptors (Lipinski definition) is 5. The average Bonchev–Trinajstić information content (AvgIpc) is 3.11. The molecular weight excluding hydrogens is 324 g/mol. The van der Waals surface area contributed by atoms with E-state index in [0.29, 0.717) is 31.0 Å². The van der Waals surface area contributed by atoms with Crippen molar-refractivity contribution < 1.29 is 14.3 Å². The largest absolute Gasteiger partial charge is 0.383 e. The third-order valence-corrected chi connectivity index (χ3v) is 4.42. The summed E-state index contributed by atoms with van der Waals surface area (Å²) in [5.74, 6) is -0.241. The zero-order chi connectivity index (χ0) is 18.0. The van der Waals surface area contributed by atoms with Gasteiger partial charge in [0, 0.05) is 25.0 Å². The molecule has 9 nitrogen and oxygen atoms in total. The minimum atomic E-state index is -0.154. The average molecular weight is 346 g/mol. The molecule has 9 heteroatoms. The Morgan fingerprint density at radius 1 is 1.44 bits per heavy atom. The van der Waals surface area contributed by atoms with Crippen molar-refractivity contribution in [3.63, 3.8) is 0 Å². The molecule has 2 aromatic heterocycles. The molecule has 134 valence electrons. The highest BCUT2D eigenvalue weighted by Crippen LogP contribution is 2.15. The SMILES string of the molecule is COCCn1c(C)cc(C(=O)NCc2nnn3c2CNC(=O)C3)c1C. The summed E-state index contributed by atoms with van der Waals surface area (Å²) in [6, 6.07) is 1.88. The molecule has 0 saturated carbocycles. The number of nitrogens with zero attached hydrogens (tertiary/aromatic N) is 4. The number of aromatic nitrogens is 4. The Morgan fingerprint density at radius 3 is 3.00 bits per heavy atom. The summed E-state index contributed by atoms with van der Waals surface area (Å²) in [5.41, 5.74) is 4.06. The molecule has 2 amide bonds. The van der Waals surface area contributed by atoms with Crippen LogP contribution in [-0.4, -0.2) is 45.1 Å². The van der Waals surface area contributed by atoms with Crippen molar-refractivity contribution in [3.05, 3.63) is 34.4 Å². The van der Waals surface area contributed by atoms with Gasteiger partial charge in [-0.15, -0.1) is 5.10 Å². The van der Waals surface area contributed by atoms with Crippen LogP contribution in [0.2, 0.25) is 0 Å². The maximum Gasteiger partial charge on any atom is 0.253 e. The zero-order valence-corrected chi connectivity index (χ0v) is 14.6. The van der Waals surface area contributed by atoms with Crippen LogP contribution in [0.25, 0.3) is 0 Å². The zero-order valence-electron chi connectivity index (χ0n) is 14.6. The van der Waals surface area contributed by atoms with Crippen molar-refractivity contribution >= 4 is 11.8 Å². The summed E-state index contributed by atoms with van der Waals surface area (Å²) in [6.45, 7) is 6.01. The Morgan fingerprint density at radius 2 is 2.24 bits per heavy atom. The molecular formula is C16H22N6O3. The smallest absolute Gasteiger partial charge is 0.253 e. The summed E-state index contributed by atoms with van der Waals surface area (Å²) in [5, 5.41) is 13.7. The molecule has 3 rings (SSSR count). The predicted molar refractivity (Wildman–Crippen MR) is 88.8 cm³/mol. The molecule has 0 aliphatic carbocycles. The van der Waals surface area contributed by atoms with Gasteiger partial charge < -0.3 is 19.9 Å². The number of methoxy groups -OCH3 is 1. The van der Waals surface area contributed by atoms with E-state index in [1.54, 1.807) is 11.8 Å². The van der Waals surface area contributed by atoms with E-state index >= 15 is 0 Å². The lowest BCUT2D eigenvalue weighted by molar-refractivity contribution is -0.122. The quantitative estimate of drug-likeness (QED) is 0.760. The summed E-state index contributed by atoms with van der Waals surface area (Å²) in [6.07, 6.45) is 0. The first-order valence-electron chi connectivity index (χ1n) is 8.13. The Bertz CT molecular complexity index is 807. The van der Waals surface area contributed by atoms with Gasteiger partial charge in [0.25, 0.3) is 5.91 Å². The van der Waals surface area contributed by atoms with E-state index in [-0.39, 0.29) is 24.9 Å². The van der Waals surface area contributed by atoms with Crippen molar-refractivity contribution in [2.45, 2.75) is 40.0 Å². The highest BCUT2D eigenvalue weighted by Gasteiger charge is 2.21. The number of aryl methyl sites for hydroxylation is 1. The van der Waals surface area contributed by atoms with Gasteiger partial charge >= 0.3 is 0 Å². The Kier molecular flexibility index (Phi) is 4.84. The first-order valence-corrected chi connectivity index (χ1v) is 8.13. The van der Waals surface area contributed by atoms with Gasteiger partial charge in [-0.2, -0.15) is 0 Å². The topological polar surface area (TPSA) is 103 Å². The van der Waals surface area contributed by atoms with Crippen molar-refractivity contribution in [2.75, 3.05) is 13.7 Å². The summed E-state index contributed by atoms with van der Waals surface area (Å²) in [4.78, 5) is 23.9. The van der Waals surface area contributed by atoms with Crippen molar-refractivity contribution in [2.24, 2.45) is 0 Å². The second kappa shape index (κ2) is 7.06. The molecule has 0 atom stereocenters. The van der Waals surface area contributed by atoms with Crippen LogP contribution in [0.3, 0.4) is 0 Å². The number of amides is 2. The van der Waals surface area contributed by atoms with E-state index in [1.807, 2.05) is 19.9 Å². The van der Waals surface area contributed by atoms with Crippen LogP contribution in [0.1, 0.15) is 33.1 Å². The predicted octanol–water partition coefficient (Wildman–Crippen LogP) is -0.0974. The molecule has 2 aromatic rings. The van der Waals surface area contributed by atoms with Crippen LogP contribution in [0.4, 0.5) is 0 Å². The summed E-state index contributed by atoms with van der Waals surface area (Å²) < 4.78 is 8.74. The lowest BCUT2D eigenvalue weighted by Crippen LogP contribution is -2.35. The molecule has 1 aliphatic heterocycles. The van der Waals surface area contributed by atoms with Gasteiger partial charge in [-0.25, -0.2) is 4.68 Å². The number of hydrogen-bond donors (Lipinski definition) is 2. The first-order chi connectivity index (χ1) is 12.0. The van der Waals surface area contributed by atoms with Crippen molar-refractivity contribution in [1.29, 1.82) is 0 Å². The van der Waals surface area contributed by atoms with E-state index in [0.717, 1.165) is 17.1 Å². The lowest BCUT2D eigenvalue weighted by Gasteiger charge is -2.14. The minimum Gasteiger partial charge on any atom is -0.383 e. The van der Waals surface area contributed by atoms with Gasteiger partial charge in [0.15, 0.2) is 0 Å². The number of carbonyl (C=O) groups is 2. The molecule has 0 radical (unpaired) electrons. The highest BCUT2D eigenvalue weighted by molar-refractivity contribution is 5.95. The third kappa shape index (κ3) is 3.41. The van der Waals surface area contributed by atoms with Crippen LogP contribution in [-0.2, 0) is 35.7 Å². The van der Waals surface area contributed by atoms with Crippen molar-refractivity contribution in [1.82, 2.24) is 30.2 Å². The van der Waals surface area contributed by atoms with Gasteiger partial charge in [0.05, 0.1) is 31.0 Å². The van der Waals surface area contributed by atoms with E-state index < -0.39 is 0 Å². The molecule has 0 aromatic carbocycles. The molecule has 2 N–H and O–H groups in total. The van der Waals surface area contributed by atoms with Gasteiger partial charge in [0.1, 0.15) is 12.2 Å². The van der Waals surface area contributed by atoms with Crippen LogP contribution in [0.5, 0.6) is 0 Å². The van der Waals surface area contributed by atoms with Crippen molar-refractivity contribution in [3.8, 4) is 0 Å². The van der Waals surface area contributed by atoms with E-state index in [2.05, 4.69) is 25.5 Å². The molecule has 0 bridgehead atoms. The Hall–Kier alpha value is -2.68. The standard InChI is InChI=1S/C16H22N6O3/c1-10-6-12(11(2)21(10)4-5-25-3)16(24)18-7-13-14-8-17-15(23)9-22(14)20-19-13/h6H,4-5,7-9H2,1-3H3,(H,17,23)(H,18,24). The van der Waals surface area contributed by atoms with Crippen LogP contribution in [0.15, 0.2) is 6.07 Å². The van der Waals surface area contributed by atoms with Gasteiger partial charge in [-0.3, -0.25) is 9.59 Å². The van der Waals surface area contributed by atoms with Gasteiger partial charge in [-0.05, 0) is 19.9 Å². The fraction of sp³-hybridized carbons (Fsp3) is 0.500. The maximum absolute atomic E-state index is 12.5. The maximum atomic E-state index is 12.5. The number of carbonyl (C=O) groups excluding carboxylic acids is 2. The van der Waals surface area contributed by atoms with Gasteiger partial charge in [-0.1, -0.05) is 5.21 Å². The summed E-state index contributed by atoms with van der Waals surface area (Å²) in [7, 11) is 1.66. The Labute approximate surface area is 145 Å². The van der Waals surface area contributed by atoms with E-state index in [4.69, 9.17) is 4.74 Å². The molecule has 0 unspecified atom stereocenters. The first kappa shape index (κ1) is 17.2. The van der Waals surface area contributed by atoms with E-state index in [9.17, 15) is 9.59 Å².